The number of anilines is 1. The summed E-state index contributed by atoms with van der Waals surface area (Å²) >= 11 is -2.21. The number of nitrogens with zero attached hydrogens (tertiary/aromatic N) is 2. The fourth-order valence-electron chi connectivity index (χ4n) is 3.10. The van der Waals surface area contributed by atoms with Crippen LogP contribution in [0, 0.1) is 0 Å². The van der Waals surface area contributed by atoms with Crippen LogP contribution in [-0.2, 0) is 20.7 Å². The van der Waals surface area contributed by atoms with E-state index >= 15 is 0 Å². The quantitative estimate of drug-likeness (QED) is 0.0477. The first-order chi connectivity index (χ1) is 21.3. The highest BCUT2D eigenvalue weighted by Crippen LogP contribution is 2.46. The second-order valence-corrected chi connectivity index (χ2v) is 8.95. The van der Waals surface area contributed by atoms with Gasteiger partial charge in [-0.3, -0.25) is 4.79 Å². The number of carbonyl (C=O) groups excluding carboxylic acids is 1. The zero-order chi connectivity index (χ0) is 33.3. The second-order valence-electron chi connectivity index (χ2n) is 7.77. The van der Waals surface area contributed by atoms with E-state index in [1.54, 1.807) is 60.7 Å². The Labute approximate surface area is 265 Å². The molecule has 0 spiro atoms. The van der Waals surface area contributed by atoms with Gasteiger partial charge in [0, 0.05) is 10.9 Å². The van der Waals surface area contributed by atoms with Crippen LogP contribution in [0.25, 0.3) is 10.8 Å². The van der Waals surface area contributed by atoms with Gasteiger partial charge in [0.25, 0.3) is 5.91 Å². The maximum absolute atomic E-state index is 12.7. The molecule has 0 aliphatic heterocycles. The van der Waals surface area contributed by atoms with Gasteiger partial charge in [-0.15, -0.1) is 9.45 Å². The van der Waals surface area contributed by atoms with E-state index in [1.807, 2.05) is 52.0 Å². The first-order valence-electron chi connectivity index (χ1n) is 13.9. The van der Waals surface area contributed by atoms with Crippen LogP contribution in [-0.4, -0.2) is 29.6 Å². The van der Waals surface area contributed by atoms with Gasteiger partial charge in [-0.25, -0.2) is 9.47 Å². The average molecular weight is 647 g/mol. The Balaban J connectivity index is 0.00000134. The minimum Gasteiger partial charge on any atom is -0.750 e. The highest BCUT2D eigenvalue weighted by molar-refractivity contribution is 7.94. The molecule has 11 nitrogen and oxygen atoms in total. The molecule has 240 valence electrons. The number of rotatable bonds is 8. The first kappa shape index (κ1) is 40.3. The summed E-state index contributed by atoms with van der Waals surface area (Å²) in [6.07, 6.45) is 2.64. The van der Waals surface area contributed by atoms with Crippen molar-refractivity contribution in [1.82, 2.24) is 0 Å². The molecule has 1 atom stereocenters. The van der Waals surface area contributed by atoms with Crippen LogP contribution in [0.3, 0.4) is 0 Å². The molecular weight excluding hydrogens is 606 g/mol. The normalized spacial score (nSPS) is 10.5. The van der Waals surface area contributed by atoms with E-state index in [0.29, 0.717) is 44.6 Å². The summed E-state index contributed by atoms with van der Waals surface area (Å²) in [6, 6.07) is 24.6. The molecule has 0 aromatic heterocycles. The fraction of sp³-hybridized carbons (Fsp3) is 0.258. The molecule has 0 saturated heterocycles. The first-order valence-corrected chi connectivity index (χ1v) is 15.6. The standard InChI is InChI=1S/C23H17N3O5S.C4H10.2C2H6.H2O3S/c27-22-20-16(10-7-13-18(20)24-23(28)15-8-3-1-4-9-15)14-19(32-31-30-29)21(22)26-25-17-11-5-2-6-12-17;1-3-4-2;2*1-2;1-4(2)3/h1-14,27,29H,(H,24,28);3-4H2,1-2H3;2*1-2H3;(H2,1,2,3)/p-1. The highest BCUT2D eigenvalue weighted by Gasteiger charge is 2.18. The Morgan fingerprint density at radius 1 is 0.909 bits per heavy atom. The topological polar surface area (TPSA) is 173 Å². The molecule has 4 aromatic carbocycles. The summed E-state index contributed by atoms with van der Waals surface area (Å²) in [4.78, 5) is 13.0. The van der Waals surface area contributed by atoms with Crippen molar-refractivity contribution in [3.63, 3.8) is 0 Å². The van der Waals surface area contributed by atoms with Crippen LogP contribution in [0.1, 0.15) is 64.7 Å². The molecule has 0 aliphatic carbocycles. The summed E-state index contributed by atoms with van der Waals surface area (Å²) in [5, 5.41) is 35.5. The number of fused-ring (bicyclic) bond motifs is 1. The largest absolute Gasteiger partial charge is 0.750 e. The van der Waals surface area contributed by atoms with Crippen LogP contribution >= 0.6 is 12.0 Å². The molecule has 0 bridgehead atoms. The smallest absolute Gasteiger partial charge is 0.255 e. The van der Waals surface area contributed by atoms with E-state index in [2.05, 4.69) is 38.8 Å². The van der Waals surface area contributed by atoms with Gasteiger partial charge in [0.2, 0.25) is 0 Å². The Kier molecular flexibility index (Phi) is 22.6. The highest BCUT2D eigenvalue weighted by atomic mass is 32.2. The van der Waals surface area contributed by atoms with Gasteiger partial charge in [-0.1, -0.05) is 108 Å². The monoisotopic (exact) mass is 646 g/mol. The van der Waals surface area contributed by atoms with E-state index in [4.69, 9.17) is 18.6 Å². The Hall–Kier alpha value is -3.69. The predicted molar refractivity (Wildman–Crippen MR) is 176 cm³/mol. The third-order valence-electron chi connectivity index (χ3n) is 5.04. The molecule has 0 aliphatic rings. The molecule has 4 aromatic rings. The molecule has 0 radical (unpaired) electrons. The molecule has 0 fully saturated rings. The van der Waals surface area contributed by atoms with Crippen LogP contribution in [0.15, 0.2) is 100 Å². The zero-order valence-corrected chi connectivity index (χ0v) is 27.2. The van der Waals surface area contributed by atoms with Crippen LogP contribution < -0.4 is 5.32 Å². The molecule has 13 heteroatoms. The molecule has 1 amide bonds. The molecular formula is C31H40N3O8S2-. The SMILES string of the molecule is CC.CC.CCCC.O=C(Nc1cccc2cc(SOOO)c(N=Nc3ccccc3)c(O)c12)c1ccccc1.O=S([O-])O. The van der Waals surface area contributed by atoms with Crippen molar-refractivity contribution in [3.8, 4) is 5.75 Å². The van der Waals surface area contributed by atoms with Gasteiger partial charge in [0.15, 0.2) is 5.75 Å². The van der Waals surface area contributed by atoms with Crippen molar-refractivity contribution in [3.05, 3.63) is 90.5 Å². The van der Waals surface area contributed by atoms with Crippen LogP contribution in [0.5, 0.6) is 5.75 Å². The number of hydrogen-bond acceptors (Lipinski definition) is 10. The number of benzene rings is 4. The van der Waals surface area contributed by atoms with Gasteiger partial charge < -0.3 is 19.5 Å². The number of hydrogen-bond donors (Lipinski definition) is 4. The Morgan fingerprint density at radius 2 is 1.45 bits per heavy atom. The summed E-state index contributed by atoms with van der Waals surface area (Å²) in [6.45, 7) is 12.4. The predicted octanol–water partition coefficient (Wildman–Crippen LogP) is 9.84. The lowest BCUT2D eigenvalue weighted by atomic mass is 10.1. The lowest BCUT2D eigenvalue weighted by Gasteiger charge is -2.13. The third-order valence-corrected chi connectivity index (χ3v) is 5.66. The summed E-state index contributed by atoms with van der Waals surface area (Å²) in [5.74, 6) is -0.532. The lowest BCUT2D eigenvalue weighted by Crippen LogP contribution is -2.11. The average Bonchev–Trinajstić information content (AvgIpc) is 3.06. The van der Waals surface area contributed by atoms with E-state index in [-0.39, 0.29) is 17.3 Å². The molecule has 4 N–H and O–H groups in total. The number of nitrogens with one attached hydrogen (secondary N) is 1. The second kappa shape index (κ2) is 24.7. The van der Waals surface area contributed by atoms with Crippen LogP contribution in [0.2, 0.25) is 0 Å². The number of carbonyl (C=O) groups is 1. The van der Waals surface area contributed by atoms with Gasteiger partial charge in [-0.05, 0) is 41.8 Å². The molecule has 1 unspecified atom stereocenters. The van der Waals surface area contributed by atoms with Gasteiger partial charge >= 0.3 is 0 Å². The number of phenols is 1. The molecule has 4 rings (SSSR count). The summed E-state index contributed by atoms with van der Waals surface area (Å²) in [5.41, 5.74) is 1.55. The van der Waals surface area contributed by atoms with E-state index in [0.717, 1.165) is 0 Å². The van der Waals surface area contributed by atoms with Crippen molar-refractivity contribution in [2.75, 3.05) is 5.32 Å². The fourth-order valence-corrected chi connectivity index (χ4v) is 3.60. The number of amides is 1. The third kappa shape index (κ3) is 14.7. The Morgan fingerprint density at radius 3 is 1.98 bits per heavy atom. The van der Waals surface area contributed by atoms with Crippen molar-refractivity contribution >= 4 is 57.1 Å². The van der Waals surface area contributed by atoms with Crippen molar-refractivity contribution in [1.29, 1.82) is 0 Å². The van der Waals surface area contributed by atoms with E-state index in [1.165, 1.54) is 12.8 Å². The Bertz CT molecular complexity index is 1400. The molecule has 0 heterocycles. The van der Waals surface area contributed by atoms with Gasteiger partial charge in [0.1, 0.15) is 5.69 Å². The molecule has 0 saturated carbocycles. The summed E-state index contributed by atoms with van der Waals surface area (Å²) in [7, 11) is 0. The van der Waals surface area contributed by atoms with Crippen molar-refractivity contribution in [2.24, 2.45) is 10.2 Å². The molecule has 44 heavy (non-hydrogen) atoms. The maximum Gasteiger partial charge on any atom is 0.255 e. The van der Waals surface area contributed by atoms with Crippen molar-refractivity contribution < 1.29 is 37.8 Å². The number of azo groups is 1. The zero-order valence-electron chi connectivity index (χ0n) is 25.6. The van der Waals surface area contributed by atoms with Crippen LogP contribution in [0.4, 0.5) is 17.1 Å². The maximum atomic E-state index is 12.7. The lowest BCUT2D eigenvalue weighted by molar-refractivity contribution is -0.432. The van der Waals surface area contributed by atoms with Gasteiger partial charge in [0.05, 0.1) is 39.7 Å². The van der Waals surface area contributed by atoms with E-state index in [9.17, 15) is 9.90 Å². The van der Waals surface area contributed by atoms with Gasteiger partial charge in [-0.2, -0.15) is 5.11 Å². The minimum atomic E-state index is -2.86. The number of unbranched alkanes of at least 4 members (excludes halogenated alkanes) is 1. The number of phenolic OH excluding ortho intramolecular Hbond substituents is 1. The van der Waals surface area contributed by atoms with Crippen molar-refractivity contribution in [2.45, 2.75) is 59.3 Å². The van der Waals surface area contributed by atoms with E-state index < -0.39 is 11.4 Å². The summed E-state index contributed by atoms with van der Waals surface area (Å²) < 4.78 is 28.6. The minimum absolute atomic E-state index is 0.0878. The number of aromatic hydroxyl groups is 1.